The molecule has 0 unspecified atom stereocenters. The van der Waals surface area contributed by atoms with Crippen LogP contribution in [0.15, 0.2) is 4.99 Å². The number of thioether (sulfide) groups is 1. The van der Waals surface area contributed by atoms with Crippen molar-refractivity contribution in [2.45, 2.75) is 6.42 Å². The SMILES string of the molecule is CSC1=NCCCN1CCO. The molecule has 1 N–H and O–H groups in total. The van der Waals surface area contributed by atoms with E-state index in [1.54, 1.807) is 11.8 Å². The Morgan fingerprint density at radius 1 is 1.73 bits per heavy atom. The number of aliphatic hydroxyl groups is 1. The molecule has 0 aromatic rings. The van der Waals surface area contributed by atoms with Crippen molar-refractivity contribution >= 4 is 16.9 Å². The Kier molecular flexibility index (Phi) is 3.72. The van der Waals surface area contributed by atoms with Gasteiger partial charge in [0.2, 0.25) is 0 Å². The highest BCUT2D eigenvalue weighted by Crippen LogP contribution is 2.10. The Labute approximate surface area is 71.5 Å². The normalized spacial score (nSPS) is 18.4. The molecule has 0 radical (unpaired) electrons. The Bertz CT molecular complexity index is 149. The molecule has 4 heteroatoms. The van der Waals surface area contributed by atoms with Gasteiger partial charge in [0.25, 0.3) is 0 Å². The number of hydrogen-bond donors (Lipinski definition) is 1. The second-order valence-electron chi connectivity index (χ2n) is 2.43. The molecular formula is C7H14N2OS. The lowest BCUT2D eigenvalue weighted by Crippen LogP contribution is -2.35. The zero-order valence-electron chi connectivity index (χ0n) is 6.79. The van der Waals surface area contributed by atoms with Gasteiger partial charge in [0, 0.05) is 19.6 Å². The van der Waals surface area contributed by atoms with Gasteiger partial charge >= 0.3 is 0 Å². The zero-order valence-corrected chi connectivity index (χ0v) is 7.60. The fraction of sp³-hybridized carbons (Fsp3) is 0.857. The van der Waals surface area contributed by atoms with Crippen LogP contribution < -0.4 is 0 Å². The van der Waals surface area contributed by atoms with Crippen molar-refractivity contribution in [2.75, 3.05) is 32.5 Å². The Morgan fingerprint density at radius 2 is 2.55 bits per heavy atom. The number of amidine groups is 1. The van der Waals surface area contributed by atoms with E-state index in [1.807, 2.05) is 6.26 Å². The van der Waals surface area contributed by atoms with Crippen molar-refractivity contribution in [3.63, 3.8) is 0 Å². The molecule has 0 saturated heterocycles. The summed E-state index contributed by atoms with van der Waals surface area (Å²) in [6.45, 7) is 2.93. The largest absolute Gasteiger partial charge is 0.395 e. The minimum atomic E-state index is 0.222. The second-order valence-corrected chi connectivity index (χ2v) is 3.21. The molecule has 1 aliphatic rings. The van der Waals surface area contributed by atoms with Crippen LogP contribution in [0, 0.1) is 0 Å². The van der Waals surface area contributed by atoms with Gasteiger partial charge < -0.3 is 10.0 Å². The van der Waals surface area contributed by atoms with Gasteiger partial charge in [0.05, 0.1) is 6.61 Å². The van der Waals surface area contributed by atoms with E-state index >= 15 is 0 Å². The first-order chi connectivity index (χ1) is 5.38. The first-order valence-corrected chi connectivity index (χ1v) is 5.05. The summed E-state index contributed by atoms with van der Waals surface area (Å²) in [6, 6.07) is 0. The fourth-order valence-electron chi connectivity index (χ4n) is 1.15. The molecule has 0 saturated carbocycles. The number of rotatable bonds is 2. The van der Waals surface area contributed by atoms with E-state index in [-0.39, 0.29) is 6.61 Å². The smallest absolute Gasteiger partial charge is 0.158 e. The molecule has 3 nitrogen and oxygen atoms in total. The number of hydrogen-bond acceptors (Lipinski definition) is 4. The molecule has 0 aliphatic carbocycles. The Morgan fingerprint density at radius 3 is 3.18 bits per heavy atom. The van der Waals surface area contributed by atoms with E-state index in [9.17, 15) is 0 Å². The lowest BCUT2D eigenvalue weighted by atomic mass is 10.3. The van der Waals surface area contributed by atoms with Gasteiger partial charge in [-0.2, -0.15) is 0 Å². The number of aliphatic hydroxyl groups excluding tert-OH is 1. The monoisotopic (exact) mass is 174 g/mol. The van der Waals surface area contributed by atoms with Gasteiger partial charge in [-0.1, -0.05) is 11.8 Å². The van der Waals surface area contributed by atoms with Gasteiger partial charge in [-0.25, -0.2) is 0 Å². The predicted molar refractivity (Wildman–Crippen MR) is 49.1 cm³/mol. The maximum absolute atomic E-state index is 8.73. The van der Waals surface area contributed by atoms with Crippen LogP contribution in [0.2, 0.25) is 0 Å². The Balaban J connectivity index is 2.47. The van der Waals surface area contributed by atoms with Crippen LogP contribution in [0.5, 0.6) is 0 Å². The summed E-state index contributed by atoms with van der Waals surface area (Å²) in [5.41, 5.74) is 0. The molecule has 0 aromatic carbocycles. The zero-order chi connectivity index (χ0) is 8.10. The third-order valence-electron chi connectivity index (χ3n) is 1.66. The summed E-state index contributed by atoms with van der Waals surface area (Å²) in [7, 11) is 0. The Hall–Kier alpha value is -0.220. The minimum Gasteiger partial charge on any atom is -0.395 e. The summed E-state index contributed by atoms with van der Waals surface area (Å²) < 4.78 is 0. The quantitative estimate of drug-likeness (QED) is 0.658. The summed E-state index contributed by atoms with van der Waals surface area (Å²) in [5.74, 6) is 0. The maximum Gasteiger partial charge on any atom is 0.158 e. The highest BCUT2D eigenvalue weighted by Gasteiger charge is 2.12. The van der Waals surface area contributed by atoms with Crippen LogP contribution in [0.3, 0.4) is 0 Å². The van der Waals surface area contributed by atoms with Crippen molar-refractivity contribution in [3.05, 3.63) is 0 Å². The molecule has 0 aromatic heterocycles. The molecular weight excluding hydrogens is 160 g/mol. The topological polar surface area (TPSA) is 35.8 Å². The van der Waals surface area contributed by atoms with Crippen LogP contribution >= 0.6 is 11.8 Å². The summed E-state index contributed by atoms with van der Waals surface area (Å²) in [4.78, 5) is 6.48. The average molecular weight is 174 g/mol. The third kappa shape index (κ3) is 2.38. The minimum absolute atomic E-state index is 0.222. The first-order valence-electron chi connectivity index (χ1n) is 3.82. The van der Waals surface area contributed by atoms with Gasteiger partial charge in [0.15, 0.2) is 5.17 Å². The molecule has 0 atom stereocenters. The van der Waals surface area contributed by atoms with Crippen molar-refractivity contribution in [1.82, 2.24) is 4.90 Å². The van der Waals surface area contributed by atoms with Crippen LogP contribution in [-0.2, 0) is 0 Å². The van der Waals surface area contributed by atoms with E-state index in [0.717, 1.165) is 31.2 Å². The highest BCUT2D eigenvalue weighted by molar-refractivity contribution is 8.13. The number of aliphatic imine (C=N–C) groups is 1. The van der Waals surface area contributed by atoms with Gasteiger partial charge in [-0.15, -0.1) is 0 Å². The van der Waals surface area contributed by atoms with Crippen LogP contribution in [-0.4, -0.2) is 47.7 Å². The molecule has 0 amide bonds. The van der Waals surface area contributed by atoms with Crippen LogP contribution in [0.1, 0.15) is 6.42 Å². The highest BCUT2D eigenvalue weighted by atomic mass is 32.2. The van der Waals surface area contributed by atoms with Crippen molar-refractivity contribution in [3.8, 4) is 0 Å². The van der Waals surface area contributed by atoms with Crippen LogP contribution in [0.4, 0.5) is 0 Å². The summed E-state index contributed by atoms with van der Waals surface area (Å²) in [6.07, 6.45) is 3.14. The first kappa shape index (κ1) is 8.87. The maximum atomic E-state index is 8.73. The van der Waals surface area contributed by atoms with Crippen molar-refractivity contribution < 1.29 is 5.11 Å². The molecule has 11 heavy (non-hydrogen) atoms. The van der Waals surface area contributed by atoms with Gasteiger partial charge in [-0.3, -0.25) is 4.99 Å². The van der Waals surface area contributed by atoms with E-state index < -0.39 is 0 Å². The van der Waals surface area contributed by atoms with Gasteiger partial charge in [-0.05, 0) is 12.7 Å². The standard InChI is InChI=1S/C7H14N2OS/c1-11-7-8-3-2-4-9(7)5-6-10/h10H,2-6H2,1H3. The number of β-amino-alcohol motifs (C(OH)–C–C–N with tert-alkyl or cyclic N) is 1. The lowest BCUT2D eigenvalue weighted by molar-refractivity contribution is 0.247. The second kappa shape index (κ2) is 4.62. The molecule has 64 valence electrons. The summed E-state index contributed by atoms with van der Waals surface area (Å²) in [5, 5.41) is 9.80. The van der Waals surface area contributed by atoms with E-state index in [4.69, 9.17) is 5.11 Å². The lowest BCUT2D eigenvalue weighted by Gasteiger charge is -2.27. The number of nitrogens with zero attached hydrogens (tertiary/aromatic N) is 2. The molecule has 1 heterocycles. The predicted octanol–water partition coefficient (Wildman–Crippen LogP) is 0.403. The fourth-order valence-corrected chi connectivity index (χ4v) is 1.81. The third-order valence-corrected chi connectivity index (χ3v) is 2.41. The molecule has 0 fully saturated rings. The molecule has 1 rings (SSSR count). The van der Waals surface area contributed by atoms with Gasteiger partial charge in [0.1, 0.15) is 0 Å². The van der Waals surface area contributed by atoms with Crippen molar-refractivity contribution in [2.24, 2.45) is 4.99 Å². The van der Waals surface area contributed by atoms with Crippen molar-refractivity contribution in [1.29, 1.82) is 0 Å². The molecule has 0 spiro atoms. The van der Waals surface area contributed by atoms with Crippen LogP contribution in [0.25, 0.3) is 0 Å². The van der Waals surface area contributed by atoms with E-state index in [2.05, 4.69) is 9.89 Å². The summed E-state index contributed by atoms with van der Waals surface area (Å²) >= 11 is 1.66. The van der Waals surface area contributed by atoms with E-state index in [1.165, 1.54) is 0 Å². The van der Waals surface area contributed by atoms with E-state index in [0.29, 0.717) is 0 Å². The average Bonchev–Trinajstić information content (AvgIpc) is 2.06. The molecule has 1 aliphatic heterocycles. The molecule has 0 bridgehead atoms.